The van der Waals surface area contributed by atoms with Crippen LogP contribution in [0.1, 0.15) is 0 Å². The molecule has 1 aromatic rings. The lowest BCUT2D eigenvalue weighted by molar-refractivity contribution is -0.384. The molecule has 0 aliphatic carbocycles. The van der Waals surface area contributed by atoms with Crippen molar-refractivity contribution in [1.29, 1.82) is 0 Å². The van der Waals surface area contributed by atoms with Gasteiger partial charge in [-0.3, -0.25) is 10.1 Å². The van der Waals surface area contributed by atoms with E-state index < -0.39 is 4.92 Å². The van der Waals surface area contributed by atoms with Crippen molar-refractivity contribution in [2.75, 3.05) is 46.2 Å². The quantitative estimate of drug-likeness (QED) is 0.569. The molecule has 18 heavy (non-hydrogen) atoms. The fraction of sp³-hybridized carbons (Fsp3) is 0.500. The molecule has 0 heterocycles. The first-order valence-electron chi connectivity index (χ1n) is 5.64. The number of ether oxygens (including phenoxy) is 1. The Bertz CT molecular complexity index is 421. The maximum Gasteiger partial charge on any atom is 0.271 e. The van der Waals surface area contributed by atoms with Crippen molar-refractivity contribution in [1.82, 2.24) is 4.90 Å². The van der Waals surface area contributed by atoms with Gasteiger partial charge in [0.1, 0.15) is 5.75 Å². The second kappa shape index (κ2) is 6.20. The predicted octanol–water partition coefficient (Wildman–Crippen LogP) is 1.60. The Morgan fingerprint density at radius 1 is 1.28 bits per heavy atom. The number of non-ortho nitro benzene ring substituents is 1. The average Bonchev–Trinajstić information content (AvgIpc) is 2.34. The van der Waals surface area contributed by atoms with Crippen molar-refractivity contribution in [3.8, 4) is 5.75 Å². The summed E-state index contributed by atoms with van der Waals surface area (Å²) in [6.07, 6.45) is 0. The zero-order chi connectivity index (χ0) is 13.7. The molecule has 0 aliphatic rings. The van der Waals surface area contributed by atoms with Gasteiger partial charge in [0.15, 0.2) is 0 Å². The number of rotatable bonds is 6. The molecule has 1 aromatic carbocycles. The van der Waals surface area contributed by atoms with E-state index in [1.165, 1.54) is 12.1 Å². The Hall–Kier alpha value is -1.82. The Kier molecular flexibility index (Phi) is 4.91. The molecule has 0 fully saturated rings. The summed E-state index contributed by atoms with van der Waals surface area (Å²) in [6.45, 7) is 1.63. The van der Waals surface area contributed by atoms with Gasteiger partial charge in [0.25, 0.3) is 5.69 Å². The van der Waals surface area contributed by atoms with Gasteiger partial charge in [-0.2, -0.15) is 0 Å². The molecule has 0 saturated heterocycles. The van der Waals surface area contributed by atoms with Crippen molar-refractivity contribution in [2.45, 2.75) is 0 Å². The Balaban J connectivity index is 2.96. The van der Waals surface area contributed by atoms with E-state index >= 15 is 0 Å². The Labute approximate surface area is 107 Å². The fourth-order valence-electron chi connectivity index (χ4n) is 1.56. The van der Waals surface area contributed by atoms with E-state index in [0.717, 1.165) is 18.8 Å². The van der Waals surface area contributed by atoms with Gasteiger partial charge in [0.2, 0.25) is 0 Å². The summed E-state index contributed by atoms with van der Waals surface area (Å²) < 4.78 is 5.23. The van der Waals surface area contributed by atoms with Crippen LogP contribution in [0, 0.1) is 10.1 Å². The first-order chi connectivity index (χ1) is 8.45. The highest BCUT2D eigenvalue weighted by molar-refractivity contribution is 5.62. The number of hydrogen-bond donors (Lipinski definition) is 0. The number of likely N-dealkylation sites (N-methyl/N-ethyl adjacent to an activating group) is 2. The van der Waals surface area contributed by atoms with Crippen LogP contribution in [0.4, 0.5) is 11.4 Å². The van der Waals surface area contributed by atoms with E-state index in [1.807, 2.05) is 26.0 Å². The molecule has 0 atom stereocenters. The van der Waals surface area contributed by atoms with Crippen molar-refractivity contribution < 1.29 is 9.66 Å². The molecular formula is C12H19N3O3. The third-order valence-electron chi connectivity index (χ3n) is 2.67. The number of methoxy groups -OCH3 is 1. The summed E-state index contributed by atoms with van der Waals surface area (Å²) in [4.78, 5) is 14.4. The molecule has 0 bridgehead atoms. The number of benzene rings is 1. The smallest absolute Gasteiger partial charge is 0.271 e. The average molecular weight is 253 g/mol. The molecule has 6 nitrogen and oxygen atoms in total. The van der Waals surface area contributed by atoms with Crippen molar-refractivity contribution >= 4 is 11.4 Å². The van der Waals surface area contributed by atoms with Gasteiger partial charge in [0.05, 0.1) is 17.7 Å². The molecule has 0 N–H and O–H groups in total. The molecular weight excluding hydrogens is 234 g/mol. The van der Waals surface area contributed by atoms with E-state index in [0.29, 0.717) is 5.75 Å². The lowest BCUT2D eigenvalue weighted by atomic mass is 10.2. The van der Waals surface area contributed by atoms with E-state index in [1.54, 1.807) is 13.2 Å². The summed E-state index contributed by atoms with van der Waals surface area (Å²) >= 11 is 0. The van der Waals surface area contributed by atoms with Crippen LogP contribution >= 0.6 is 0 Å². The SMILES string of the molecule is COc1ccc([N+](=O)[O-])cc1N(C)CCN(C)C. The summed E-state index contributed by atoms with van der Waals surface area (Å²) in [5.74, 6) is 0.641. The van der Waals surface area contributed by atoms with Crippen LogP contribution < -0.4 is 9.64 Å². The van der Waals surface area contributed by atoms with Crippen LogP contribution in [0.25, 0.3) is 0 Å². The maximum atomic E-state index is 10.8. The molecule has 0 aliphatic heterocycles. The van der Waals surface area contributed by atoms with Gasteiger partial charge >= 0.3 is 0 Å². The lowest BCUT2D eigenvalue weighted by Crippen LogP contribution is -2.28. The van der Waals surface area contributed by atoms with Gasteiger partial charge in [-0.1, -0.05) is 0 Å². The second-order valence-electron chi connectivity index (χ2n) is 4.34. The van der Waals surface area contributed by atoms with Crippen LogP contribution in [0.3, 0.4) is 0 Å². The molecule has 0 saturated carbocycles. The van der Waals surface area contributed by atoms with Crippen molar-refractivity contribution in [3.63, 3.8) is 0 Å². The van der Waals surface area contributed by atoms with Gasteiger partial charge in [-0.25, -0.2) is 0 Å². The fourth-order valence-corrected chi connectivity index (χ4v) is 1.56. The molecule has 100 valence electrons. The molecule has 6 heteroatoms. The monoisotopic (exact) mass is 253 g/mol. The normalized spacial score (nSPS) is 10.5. The first kappa shape index (κ1) is 14.2. The van der Waals surface area contributed by atoms with E-state index in [2.05, 4.69) is 4.90 Å². The van der Waals surface area contributed by atoms with E-state index in [-0.39, 0.29) is 5.69 Å². The van der Waals surface area contributed by atoms with Crippen molar-refractivity contribution in [3.05, 3.63) is 28.3 Å². The number of hydrogen-bond acceptors (Lipinski definition) is 5. The Morgan fingerprint density at radius 3 is 2.44 bits per heavy atom. The zero-order valence-electron chi connectivity index (χ0n) is 11.2. The highest BCUT2D eigenvalue weighted by Gasteiger charge is 2.14. The van der Waals surface area contributed by atoms with Crippen molar-refractivity contribution in [2.24, 2.45) is 0 Å². The van der Waals surface area contributed by atoms with E-state index in [9.17, 15) is 10.1 Å². The third-order valence-corrected chi connectivity index (χ3v) is 2.67. The van der Waals surface area contributed by atoms with Gasteiger partial charge in [0, 0.05) is 32.3 Å². The summed E-state index contributed by atoms with van der Waals surface area (Å²) in [6, 6.07) is 4.61. The van der Waals surface area contributed by atoms with Gasteiger partial charge < -0.3 is 14.5 Å². The predicted molar refractivity (Wildman–Crippen MR) is 71.5 cm³/mol. The molecule has 0 amide bonds. The molecule has 1 rings (SSSR count). The van der Waals surface area contributed by atoms with Crippen LogP contribution in [0.2, 0.25) is 0 Å². The zero-order valence-corrected chi connectivity index (χ0v) is 11.2. The molecule has 0 spiro atoms. The highest BCUT2D eigenvalue weighted by atomic mass is 16.6. The largest absolute Gasteiger partial charge is 0.495 e. The van der Waals surface area contributed by atoms with Gasteiger partial charge in [-0.05, 0) is 20.2 Å². The topological polar surface area (TPSA) is 58.9 Å². The minimum atomic E-state index is -0.400. The minimum Gasteiger partial charge on any atom is -0.495 e. The summed E-state index contributed by atoms with van der Waals surface area (Å²) in [5.41, 5.74) is 0.802. The number of nitrogens with zero attached hydrogens (tertiary/aromatic N) is 3. The number of nitro benzene ring substituents is 1. The molecule has 0 aromatic heterocycles. The third kappa shape index (κ3) is 3.59. The van der Waals surface area contributed by atoms with Crippen LogP contribution in [-0.4, -0.2) is 51.2 Å². The number of anilines is 1. The first-order valence-corrected chi connectivity index (χ1v) is 5.64. The van der Waals surface area contributed by atoms with Crippen LogP contribution in [0.15, 0.2) is 18.2 Å². The highest BCUT2D eigenvalue weighted by Crippen LogP contribution is 2.31. The van der Waals surface area contributed by atoms with Gasteiger partial charge in [-0.15, -0.1) is 0 Å². The van der Waals surface area contributed by atoms with E-state index in [4.69, 9.17) is 4.74 Å². The Morgan fingerprint density at radius 2 is 1.94 bits per heavy atom. The number of nitro groups is 1. The lowest BCUT2D eigenvalue weighted by Gasteiger charge is -2.23. The van der Waals surface area contributed by atoms with Crippen LogP contribution in [-0.2, 0) is 0 Å². The maximum absolute atomic E-state index is 10.8. The summed E-state index contributed by atoms with van der Waals surface area (Å²) in [5, 5.41) is 10.8. The van der Waals surface area contributed by atoms with Crippen LogP contribution in [0.5, 0.6) is 5.75 Å². The minimum absolute atomic E-state index is 0.0718. The second-order valence-corrected chi connectivity index (χ2v) is 4.34. The standard InChI is InChI=1S/C12H19N3O3/c1-13(2)7-8-14(3)11-9-10(15(16)17)5-6-12(11)18-4/h5-6,9H,7-8H2,1-4H3. The molecule has 0 radical (unpaired) electrons. The molecule has 0 unspecified atom stereocenters. The summed E-state index contributed by atoms with van der Waals surface area (Å²) in [7, 11) is 7.42.